The minimum absolute atomic E-state index is 0.0594. The smallest absolute Gasteiger partial charge is 0.149 e. The molecule has 0 heterocycles. The average Bonchev–Trinajstić information content (AvgIpc) is 2.54. The molecule has 0 aromatic heterocycles. The summed E-state index contributed by atoms with van der Waals surface area (Å²) in [4.78, 5) is 0.704. The highest BCUT2D eigenvalue weighted by Gasteiger charge is 2.27. The van der Waals surface area contributed by atoms with Crippen LogP contribution in [0.2, 0.25) is 0 Å². The van der Waals surface area contributed by atoms with Gasteiger partial charge in [-0.15, -0.1) is 0 Å². The zero-order chi connectivity index (χ0) is 19.5. The third-order valence-electron chi connectivity index (χ3n) is 4.02. The van der Waals surface area contributed by atoms with E-state index in [4.69, 9.17) is 9.47 Å². The summed E-state index contributed by atoms with van der Waals surface area (Å²) in [6.07, 6.45) is 0. The second kappa shape index (κ2) is 7.93. The fourth-order valence-corrected chi connectivity index (χ4v) is 3.91. The zero-order valence-electron chi connectivity index (χ0n) is 16.9. The number of ether oxygens (including phenoxy) is 2. The van der Waals surface area contributed by atoms with Crippen molar-refractivity contribution in [3.8, 4) is 11.5 Å². The van der Waals surface area contributed by atoms with Gasteiger partial charge >= 0.3 is 0 Å². The summed E-state index contributed by atoms with van der Waals surface area (Å²) in [6.45, 7) is 12.8. The van der Waals surface area contributed by atoms with Crippen LogP contribution in [0.25, 0.3) is 0 Å². The van der Waals surface area contributed by atoms with E-state index in [1.165, 1.54) is 0 Å². The first kappa shape index (κ1) is 20.7. The van der Waals surface area contributed by atoms with Gasteiger partial charge in [0.25, 0.3) is 0 Å². The summed E-state index contributed by atoms with van der Waals surface area (Å²) in [5.41, 5.74) is 1.95. The number of methoxy groups -OCH3 is 1. The van der Waals surface area contributed by atoms with Crippen molar-refractivity contribution in [2.75, 3.05) is 7.11 Å². The van der Waals surface area contributed by atoms with Gasteiger partial charge in [-0.3, -0.25) is 4.21 Å². The topological polar surface area (TPSA) is 35.5 Å². The van der Waals surface area contributed by atoms with E-state index in [-0.39, 0.29) is 10.2 Å². The van der Waals surface area contributed by atoms with E-state index in [1.807, 2.05) is 57.2 Å². The molecule has 0 aliphatic carbocycles. The van der Waals surface area contributed by atoms with Crippen LogP contribution in [0.1, 0.15) is 52.7 Å². The quantitative estimate of drug-likeness (QED) is 0.660. The Morgan fingerprint density at radius 3 is 2.15 bits per heavy atom. The van der Waals surface area contributed by atoms with E-state index in [0.29, 0.717) is 17.3 Å². The van der Waals surface area contributed by atoms with Crippen LogP contribution in [-0.2, 0) is 27.6 Å². The first-order valence-electron chi connectivity index (χ1n) is 8.86. The molecular formula is C22H30O3S. The van der Waals surface area contributed by atoms with Gasteiger partial charge < -0.3 is 9.47 Å². The van der Waals surface area contributed by atoms with Gasteiger partial charge in [-0.1, -0.05) is 51.1 Å². The Labute approximate surface area is 160 Å². The second-order valence-corrected chi connectivity index (χ2v) is 10.6. The lowest BCUT2D eigenvalue weighted by atomic mass is 9.86. The Morgan fingerprint density at radius 1 is 0.923 bits per heavy atom. The summed E-state index contributed by atoms with van der Waals surface area (Å²) in [5.74, 6) is 1.43. The van der Waals surface area contributed by atoms with Crippen molar-refractivity contribution in [2.45, 2.75) is 63.2 Å². The van der Waals surface area contributed by atoms with Crippen molar-refractivity contribution in [3.05, 3.63) is 53.6 Å². The molecule has 0 saturated heterocycles. The molecule has 0 saturated carbocycles. The van der Waals surface area contributed by atoms with Gasteiger partial charge in [-0.05, 0) is 38.3 Å². The molecule has 0 aliphatic heterocycles. The molecular weight excluding hydrogens is 344 g/mol. The molecule has 0 aliphatic rings. The second-order valence-electron chi connectivity index (χ2n) is 8.41. The molecule has 0 unspecified atom stereocenters. The van der Waals surface area contributed by atoms with Gasteiger partial charge in [0.2, 0.25) is 0 Å². The zero-order valence-corrected chi connectivity index (χ0v) is 17.7. The van der Waals surface area contributed by atoms with E-state index in [2.05, 4.69) is 26.8 Å². The van der Waals surface area contributed by atoms with Crippen LogP contribution in [0.3, 0.4) is 0 Å². The standard InChI is InChI=1S/C22H30O3S/c1-21(2,3)17-12-8-9-13-18(17)25-20-16(15-24-7)11-10-14-19(20)26(23)22(4,5)6/h8-14H,15H2,1-7H3/t26-/m1/s1. The van der Waals surface area contributed by atoms with E-state index in [1.54, 1.807) is 7.11 Å². The van der Waals surface area contributed by atoms with Crippen LogP contribution in [0.5, 0.6) is 11.5 Å². The molecule has 0 bridgehead atoms. The highest BCUT2D eigenvalue weighted by atomic mass is 32.2. The monoisotopic (exact) mass is 374 g/mol. The fourth-order valence-electron chi connectivity index (χ4n) is 2.71. The van der Waals surface area contributed by atoms with E-state index in [0.717, 1.165) is 16.9 Å². The third-order valence-corrected chi connectivity index (χ3v) is 5.86. The normalized spacial score (nSPS) is 13.5. The fraction of sp³-hybridized carbons (Fsp3) is 0.455. The van der Waals surface area contributed by atoms with Gasteiger partial charge in [0.05, 0.1) is 22.3 Å². The SMILES string of the molecule is COCc1cccc([S@@](=O)C(C)(C)C)c1Oc1ccccc1C(C)(C)C. The summed E-state index contributed by atoms with van der Waals surface area (Å²) in [7, 11) is 0.445. The molecule has 26 heavy (non-hydrogen) atoms. The van der Waals surface area contributed by atoms with Crippen LogP contribution in [-0.4, -0.2) is 16.1 Å². The molecule has 2 aromatic carbocycles. The maximum atomic E-state index is 13.1. The molecule has 1 atom stereocenters. The van der Waals surface area contributed by atoms with E-state index < -0.39 is 10.8 Å². The average molecular weight is 375 g/mol. The largest absolute Gasteiger partial charge is 0.455 e. The summed E-state index contributed by atoms with van der Waals surface area (Å²) in [5, 5.41) is 0. The van der Waals surface area contributed by atoms with Crippen LogP contribution >= 0.6 is 0 Å². The Kier molecular flexibility index (Phi) is 6.30. The molecule has 3 nitrogen and oxygen atoms in total. The Morgan fingerprint density at radius 2 is 1.58 bits per heavy atom. The number of para-hydroxylation sites is 2. The molecule has 0 fully saturated rings. The summed E-state index contributed by atoms with van der Waals surface area (Å²) < 4.78 is 24.5. The molecule has 0 radical (unpaired) electrons. The van der Waals surface area contributed by atoms with Crippen molar-refractivity contribution >= 4 is 10.8 Å². The number of hydrogen-bond donors (Lipinski definition) is 0. The molecule has 142 valence electrons. The van der Waals surface area contributed by atoms with Crippen molar-refractivity contribution in [2.24, 2.45) is 0 Å². The molecule has 2 aromatic rings. The Bertz CT molecular complexity index is 783. The third kappa shape index (κ3) is 4.74. The Hall–Kier alpha value is -1.65. The number of rotatable bonds is 5. The lowest BCUT2D eigenvalue weighted by molar-refractivity contribution is 0.182. The predicted octanol–water partition coefficient (Wildman–Crippen LogP) is 5.83. The van der Waals surface area contributed by atoms with Crippen LogP contribution in [0.4, 0.5) is 0 Å². The lowest BCUT2D eigenvalue weighted by Crippen LogP contribution is -2.22. The Balaban J connectivity index is 2.60. The van der Waals surface area contributed by atoms with E-state index >= 15 is 0 Å². The molecule has 0 N–H and O–H groups in total. The van der Waals surface area contributed by atoms with E-state index in [9.17, 15) is 4.21 Å². The highest BCUT2D eigenvalue weighted by molar-refractivity contribution is 7.86. The minimum atomic E-state index is -1.21. The first-order chi connectivity index (χ1) is 12.1. The van der Waals surface area contributed by atoms with Crippen LogP contribution in [0, 0.1) is 0 Å². The predicted molar refractivity (Wildman–Crippen MR) is 109 cm³/mol. The maximum absolute atomic E-state index is 13.1. The van der Waals surface area contributed by atoms with Gasteiger partial charge in [0.1, 0.15) is 11.5 Å². The molecule has 0 spiro atoms. The van der Waals surface area contributed by atoms with Crippen molar-refractivity contribution in [3.63, 3.8) is 0 Å². The van der Waals surface area contributed by atoms with Crippen molar-refractivity contribution < 1.29 is 13.7 Å². The molecule has 2 rings (SSSR count). The molecule has 4 heteroatoms. The minimum Gasteiger partial charge on any atom is -0.455 e. The molecule has 0 amide bonds. The van der Waals surface area contributed by atoms with Gasteiger partial charge in [0.15, 0.2) is 0 Å². The van der Waals surface area contributed by atoms with Crippen molar-refractivity contribution in [1.82, 2.24) is 0 Å². The van der Waals surface area contributed by atoms with Crippen molar-refractivity contribution in [1.29, 1.82) is 0 Å². The summed E-state index contributed by atoms with van der Waals surface area (Å²) in [6, 6.07) is 13.8. The highest BCUT2D eigenvalue weighted by Crippen LogP contribution is 2.39. The first-order valence-corrected chi connectivity index (χ1v) is 10.0. The van der Waals surface area contributed by atoms with Gasteiger partial charge in [0, 0.05) is 23.0 Å². The maximum Gasteiger partial charge on any atom is 0.149 e. The number of hydrogen-bond acceptors (Lipinski definition) is 3. The number of benzene rings is 2. The van der Waals surface area contributed by atoms with Gasteiger partial charge in [-0.25, -0.2) is 0 Å². The lowest BCUT2D eigenvalue weighted by Gasteiger charge is -2.25. The summed E-state index contributed by atoms with van der Waals surface area (Å²) >= 11 is 0. The van der Waals surface area contributed by atoms with Gasteiger partial charge in [-0.2, -0.15) is 0 Å². The van der Waals surface area contributed by atoms with Crippen LogP contribution < -0.4 is 4.74 Å². The van der Waals surface area contributed by atoms with Crippen LogP contribution in [0.15, 0.2) is 47.4 Å².